The lowest BCUT2D eigenvalue weighted by atomic mass is 9.78. The van der Waals surface area contributed by atoms with E-state index in [4.69, 9.17) is 5.73 Å². The Balaban J connectivity index is 0.00000211. The molecule has 5 nitrogen and oxygen atoms in total. The van der Waals surface area contributed by atoms with E-state index in [0.29, 0.717) is 18.6 Å². The van der Waals surface area contributed by atoms with Gasteiger partial charge in [0.2, 0.25) is 5.91 Å². The van der Waals surface area contributed by atoms with Gasteiger partial charge in [-0.25, -0.2) is 0 Å². The summed E-state index contributed by atoms with van der Waals surface area (Å²) in [5.74, 6) is 8.07. The van der Waals surface area contributed by atoms with E-state index >= 15 is 0 Å². The Morgan fingerprint density at radius 2 is 1.36 bits per heavy atom. The van der Waals surface area contributed by atoms with Gasteiger partial charge < -0.3 is 10.8 Å². The van der Waals surface area contributed by atoms with Crippen LogP contribution in [0.1, 0.15) is 64.7 Å². The van der Waals surface area contributed by atoms with Gasteiger partial charge in [-0.2, -0.15) is 0 Å². The lowest BCUT2D eigenvalue weighted by molar-refractivity contribution is -0.117. The van der Waals surface area contributed by atoms with E-state index in [1.54, 1.807) is 0 Å². The predicted molar refractivity (Wildman–Crippen MR) is 91.4 cm³/mol. The maximum absolute atomic E-state index is 11.0. The molecule has 0 aliphatic heterocycles. The maximum Gasteiger partial charge on any atom is 0.217 e. The number of benzene rings is 1. The summed E-state index contributed by atoms with van der Waals surface area (Å²) in [6.07, 6.45) is 0.944. The van der Waals surface area contributed by atoms with Gasteiger partial charge >= 0.3 is 0 Å². The highest BCUT2D eigenvalue weighted by Crippen LogP contribution is 2.39. The molecule has 0 fully saturated rings. The van der Waals surface area contributed by atoms with Crippen LogP contribution in [0.15, 0.2) is 12.1 Å². The standard InChI is InChI=1S/C17H27NO2.H4N2/c1-16(2,3)12-9-11(7-8-14(18)19)10-13(15(12)20)17(4,5)6;1-2/h9-10,20H,7-8H2,1-6H3,(H2,18,19);1-2H2. The van der Waals surface area contributed by atoms with Gasteiger partial charge in [0.1, 0.15) is 5.75 Å². The van der Waals surface area contributed by atoms with Crippen molar-refractivity contribution in [2.75, 3.05) is 0 Å². The predicted octanol–water partition coefficient (Wildman–Crippen LogP) is 2.22. The summed E-state index contributed by atoms with van der Waals surface area (Å²) in [4.78, 5) is 11.0. The quantitative estimate of drug-likeness (QED) is 0.506. The van der Waals surface area contributed by atoms with E-state index in [2.05, 4.69) is 53.2 Å². The van der Waals surface area contributed by atoms with Gasteiger partial charge in [0, 0.05) is 6.42 Å². The second-order valence-corrected chi connectivity index (χ2v) is 7.51. The van der Waals surface area contributed by atoms with E-state index in [9.17, 15) is 9.90 Å². The van der Waals surface area contributed by atoms with Gasteiger partial charge in [-0.15, -0.1) is 0 Å². The van der Waals surface area contributed by atoms with Gasteiger partial charge in [-0.3, -0.25) is 16.5 Å². The van der Waals surface area contributed by atoms with Crippen LogP contribution in [0.4, 0.5) is 0 Å². The van der Waals surface area contributed by atoms with Crippen molar-refractivity contribution in [1.29, 1.82) is 0 Å². The summed E-state index contributed by atoms with van der Waals surface area (Å²) < 4.78 is 0. The molecule has 126 valence electrons. The first kappa shape index (κ1) is 20.4. The van der Waals surface area contributed by atoms with Gasteiger partial charge in [0.25, 0.3) is 0 Å². The highest BCUT2D eigenvalue weighted by molar-refractivity contribution is 5.74. The Morgan fingerprint density at radius 3 is 1.64 bits per heavy atom. The fourth-order valence-electron chi connectivity index (χ4n) is 2.25. The maximum atomic E-state index is 11.0. The van der Waals surface area contributed by atoms with Crippen LogP contribution < -0.4 is 17.4 Å². The Labute approximate surface area is 133 Å². The number of aromatic hydroxyl groups is 1. The summed E-state index contributed by atoms with van der Waals surface area (Å²) >= 11 is 0. The van der Waals surface area contributed by atoms with Crippen molar-refractivity contribution < 1.29 is 9.90 Å². The minimum atomic E-state index is -0.298. The number of phenols is 1. The number of phenolic OH excluding ortho intramolecular Hbond substituents is 1. The molecule has 22 heavy (non-hydrogen) atoms. The van der Waals surface area contributed by atoms with Crippen molar-refractivity contribution in [3.8, 4) is 5.75 Å². The van der Waals surface area contributed by atoms with Crippen LogP contribution in [0.2, 0.25) is 0 Å². The molecule has 0 atom stereocenters. The van der Waals surface area contributed by atoms with E-state index in [1.807, 2.05) is 12.1 Å². The smallest absolute Gasteiger partial charge is 0.217 e. The molecule has 0 unspecified atom stereocenters. The monoisotopic (exact) mass is 309 g/mol. The fraction of sp³-hybridized carbons (Fsp3) is 0.588. The normalized spacial score (nSPS) is 11.6. The van der Waals surface area contributed by atoms with Crippen LogP contribution in [0.5, 0.6) is 5.75 Å². The Hall–Kier alpha value is -1.59. The van der Waals surface area contributed by atoms with Gasteiger partial charge in [0.15, 0.2) is 0 Å². The first-order valence-corrected chi connectivity index (χ1v) is 7.41. The number of hydrogen-bond acceptors (Lipinski definition) is 4. The third-order valence-electron chi connectivity index (χ3n) is 3.45. The number of amides is 1. The topological polar surface area (TPSA) is 115 Å². The number of rotatable bonds is 3. The van der Waals surface area contributed by atoms with E-state index in [1.165, 1.54) is 0 Å². The second kappa shape index (κ2) is 7.61. The summed E-state index contributed by atoms with van der Waals surface area (Å²) in [5, 5.41) is 10.6. The number of hydrazine groups is 1. The first-order chi connectivity index (χ1) is 9.93. The molecular weight excluding hydrogens is 278 g/mol. The van der Waals surface area contributed by atoms with Crippen molar-refractivity contribution in [3.05, 3.63) is 28.8 Å². The minimum Gasteiger partial charge on any atom is -0.507 e. The van der Waals surface area contributed by atoms with Crippen molar-refractivity contribution in [2.24, 2.45) is 17.4 Å². The van der Waals surface area contributed by atoms with Crippen LogP contribution in [-0.2, 0) is 22.0 Å². The van der Waals surface area contributed by atoms with Gasteiger partial charge in [0.05, 0.1) is 0 Å². The molecule has 1 amide bonds. The number of hydrogen-bond donors (Lipinski definition) is 4. The average molecular weight is 309 g/mol. The molecule has 1 aromatic rings. The number of carbonyl (C=O) groups excluding carboxylic acids is 1. The second-order valence-electron chi connectivity index (χ2n) is 7.51. The highest BCUT2D eigenvalue weighted by atomic mass is 16.3. The molecule has 0 aromatic heterocycles. The molecule has 0 saturated carbocycles. The molecule has 0 spiro atoms. The van der Waals surface area contributed by atoms with Crippen molar-refractivity contribution in [3.63, 3.8) is 0 Å². The van der Waals surface area contributed by atoms with Crippen LogP contribution in [0.3, 0.4) is 0 Å². The third kappa shape index (κ3) is 5.66. The minimum absolute atomic E-state index is 0.146. The largest absolute Gasteiger partial charge is 0.507 e. The number of primary amides is 1. The number of nitrogens with two attached hydrogens (primary N) is 3. The summed E-state index contributed by atoms with van der Waals surface area (Å²) in [6, 6.07) is 3.99. The van der Waals surface area contributed by atoms with E-state index in [0.717, 1.165) is 16.7 Å². The lowest BCUT2D eigenvalue weighted by Gasteiger charge is -2.28. The molecule has 1 aromatic carbocycles. The molecule has 0 aliphatic rings. The average Bonchev–Trinajstić information content (AvgIpc) is 2.37. The summed E-state index contributed by atoms with van der Waals surface area (Å²) in [5.41, 5.74) is 7.83. The highest BCUT2D eigenvalue weighted by Gasteiger charge is 2.26. The van der Waals surface area contributed by atoms with Crippen LogP contribution in [-0.4, -0.2) is 11.0 Å². The molecule has 1 rings (SSSR count). The Kier molecular flexibility index (Phi) is 7.06. The number of carbonyl (C=O) groups is 1. The molecule has 0 saturated heterocycles. The van der Waals surface area contributed by atoms with Gasteiger partial charge in [-0.05, 0) is 33.9 Å². The SMILES string of the molecule is CC(C)(C)c1cc(CCC(N)=O)cc(C(C)(C)C)c1O.NN. The third-order valence-corrected chi connectivity index (χ3v) is 3.45. The van der Waals surface area contributed by atoms with Crippen molar-refractivity contribution in [1.82, 2.24) is 0 Å². The zero-order valence-corrected chi connectivity index (χ0v) is 14.7. The summed E-state index contributed by atoms with van der Waals surface area (Å²) in [6.45, 7) is 12.5. The zero-order valence-electron chi connectivity index (χ0n) is 14.7. The first-order valence-electron chi connectivity index (χ1n) is 7.41. The van der Waals surface area contributed by atoms with Crippen molar-refractivity contribution in [2.45, 2.75) is 65.2 Å². The molecule has 5 heteroatoms. The molecule has 0 aliphatic carbocycles. The van der Waals surface area contributed by atoms with Gasteiger partial charge in [-0.1, -0.05) is 53.7 Å². The molecular formula is C17H31N3O2. The van der Waals surface area contributed by atoms with Crippen molar-refractivity contribution >= 4 is 5.91 Å². The Bertz CT molecular complexity index is 477. The van der Waals surface area contributed by atoms with E-state index < -0.39 is 0 Å². The molecule has 0 radical (unpaired) electrons. The molecule has 0 bridgehead atoms. The Morgan fingerprint density at radius 1 is 1.00 bits per heavy atom. The molecule has 0 heterocycles. The fourth-order valence-corrected chi connectivity index (χ4v) is 2.25. The van der Waals surface area contributed by atoms with Crippen LogP contribution >= 0.6 is 0 Å². The number of aryl methyl sites for hydroxylation is 1. The van der Waals surface area contributed by atoms with Crippen LogP contribution in [0, 0.1) is 0 Å². The molecule has 7 N–H and O–H groups in total. The van der Waals surface area contributed by atoms with Crippen LogP contribution in [0.25, 0.3) is 0 Å². The lowest BCUT2D eigenvalue weighted by Crippen LogP contribution is -2.18. The van der Waals surface area contributed by atoms with E-state index in [-0.39, 0.29) is 16.7 Å². The summed E-state index contributed by atoms with van der Waals surface area (Å²) in [7, 11) is 0. The zero-order chi connectivity index (χ0) is 17.7.